The van der Waals surface area contributed by atoms with E-state index in [2.05, 4.69) is 15.3 Å². The van der Waals surface area contributed by atoms with Crippen LogP contribution in [-0.4, -0.2) is 15.9 Å². The van der Waals surface area contributed by atoms with Crippen molar-refractivity contribution in [2.45, 2.75) is 13.3 Å². The second-order valence-corrected chi connectivity index (χ2v) is 4.15. The van der Waals surface area contributed by atoms with Crippen molar-refractivity contribution in [1.82, 2.24) is 9.97 Å². The van der Waals surface area contributed by atoms with E-state index in [0.717, 1.165) is 11.3 Å². The zero-order valence-corrected chi connectivity index (χ0v) is 9.10. The fourth-order valence-corrected chi connectivity index (χ4v) is 1.85. The number of amides is 1. The quantitative estimate of drug-likeness (QED) is 0.832. The van der Waals surface area contributed by atoms with Crippen molar-refractivity contribution in [2.75, 3.05) is 5.32 Å². The number of hydrogen-bond acceptors (Lipinski definition) is 3. The Morgan fingerprint density at radius 2 is 2.53 bits per heavy atom. The molecule has 2 aromatic rings. The molecule has 15 heavy (non-hydrogen) atoms. The highest BCUT2D eigenvalue weighted by Gasteiger charge is 2.06. The number of rotatable bonds is 3. The Morgan fingerprint density at radius 1 is 1.67 bits per heavy atom. The predicted octanol–water partition coefficient (Wildman–Crippen LogP) is 1.96. The first kappa shape index (κ1) is 9.92. The summed E-state index contributed by atoms with van der Waals surface area (Å²) in [6.07, 6.45) is 3.89. The molecule has 0 aliphatic carbocycles. The first-order chi connectivity index (χ1) is 7.24. The average molecular weight is 221 g/mol. The van der Waals surface area contributed by atoms with Crippen molar-refractivity contribution in [3.63, 3.8) is 0 Å². The molecule has 1 amide bonds. The summed E-state index contributed by atoms with van der Waals surface area (Å²) in [6, 6.07) is 1.96. The third-order valence-electron chi connectivity index (χ3n) is 1.93. The molecule has 0 spiro atoms. The van der Waals surface area contributed by atoms with E-state index in [4.69, 9.17) is 0 Å². The number of carbonyl (C=O) groups is 1. The van der Waals surface area contributed by atoms with Gasteiger partial charge in [-0.05, 0) is 18.6 Å². The Balaban J connectivity index is 1.93. The molecule has 0 aromatic carbocycles. The van der Waals surface area contributed by atoms with Gasteiger partial charge in [-0.25, -0.2) is 4.98 Å². The monoisotopic (exact) mass is 221 g/mol. The maximum absolute atomic E-state index is 11.5. The molecule has 0 saturated heterocycles. The van der Waals surface area contributed by atoms with E-state index < -0.39 is 0 Å². The van der Waals surface area contributed by atoms with Gasteiger partial charge in [-0.1, -0.05) is 0 Å². The summed E-state index contributed by atoms with van der Waals surface area (Å²) < 4.78 is 0. The minimum Gasteiger partial charge on any atom is -0.365 e. The number of hydrogen-bond donors (Lipinski definition) is 2. The minimum atomic E-state index is -0.0380. The first-order valence-electron chi connectivity index (χ1n) is 4.57. The lowest BCUT2D eigenvalue weighted by Gasteiger charge is -1.98. The van der Waals surface area contributed by atoms with Crippen LogP contribution in [0.4, 0.5) is 5.13 Å². The van der Waals surface area contributed by atoms with Crippen molar-refractivity contribution in [3.8, 4) is 0 Å². The first-order valence-corrected chi connectivity index (χ1v) is 5.45. The summed E-state index contributed by atoms with van der Waals surface area (Å²) in [5.41, 5.74) is 2.05. The standard InChI is InChI=1S/C10H11N3OS/c1-7-4-8(6-12-7)5-9(14)13-10-11-2-3-15-10/h2-4,6,12H,5H2,1H3,(H,11,13,14). The molecule has 2 N–H and O–H groups in total. The molecule has 0 aliphatic heterocycles. The fourth-order valence-electron chi connectivity index (χ4n) is 1.30. The Kier molecular flexibility index (Phi) is 2.82. The van der Waals surface area contributed by atoms with Gasteiger partial charge < -0.3 is 10.3 Å². The van der Waals surface area contributed by atoms with Crippen LogP contribution in [-0.2, 0) is 11.2 Å². The number of nitrogens with one attached hydrogen (secondary N) is 2. The van der Waals surface area contributed by atoms with E-state index in [1.165, 1.54) is 11.3 Å². The fraction of sp³-hybridized carbons (Fsp3) is 0.200. The SMILES string of the molecule is Cc1cc(CC(=O)Nc2nccs2)c[nH]1. The number of thiazole rings is 1. The molecule has 0 bridgehead atoms. The van der Waals surface area contributed by atoms with Gasteiger partial charge in [-0.15, -0.1) is 11.3 Å². The van der Waals surface area contributed by atoms with E-state index in [1.54, 1.807) is 6.20 Å². The van der Waals surface area contributed by atoms with Crippen molar-refractivity contribution >= 4 is 22.4 Å². The normalized spacial score (nSPS) is 10.2. The summed E-state index contributed by atoms with van der Waals surface area (Å²) in [7, 11) is 0. The van der Waals surface area contributed by atoms with Crippen LogP contribution in [0.25, 0.3) is 0 Å². The number of nitrogens with zero attached hydrogens (tertiary/aromatic N) is 1. The Bertz CT molecular complexity index is 447. The van der Waals surface area contributed by atoms with Crippen molar-refractivity contribution in [3.05, 3.63) is 35.1 Å². The van der Waals surface area contributed by atoms with Gasteiger partial charge in [0.1, 0.15) is 0 Å². The summed E-state index contributed by atoms with van der Waals surface area (Å²) >= 11 is 1.42. The lowest BCUT2D eigenvalue weighted by atomic mass is 10.2. The van der Waals surface area contributed by atoms with Gasteiger partial charge >= 0.3 is 0 Å². The van der Waals surface area contributed by atoms with Crippen LogP contribution in [0.3, 0.4) is 0 Å². The Hall–Kier alpha value is -1.62. The number of aryl methyl sites for hydroxylation is 1. The summed E-state index contributed by atoms with van der Waals surface area (Å²) in [5.74, 6) is -0.0380. The van der Waals surface area contributed by atoms with E-state index in [1.807, 2.05) is 24.6 Å². The smallest absolute Gasteiger partial charge is 0.230 e. The maximum Gasteiger partial charge on any atom is 0.230 e. The van der Waals surface area contributed by atoms with Crippen LogP contribution < -0.4 is 5.32 Å². The maximum atomic E-state index is 11.5. The number of anilines is 1. The molecular formula is C10H11N3OS. The molecular weight excluding hydrogens is 210 g/mol. The van der Waals surface area contributed by atoms with Crippen molar-refractivity contribution in [1.29, 1.82) is 0 Å². The molecule has 0 atom stereocenters. The molecule has 0 saturated carbocycles. The summed E-state index contributed by atoms with van der Waals surface area (Å²) in [4.78, 5) is 18.6. The lowest BCUT2D eigenvalue weighted by Crippen LogP contribution is -2.13. The summed E-state index contributed by atoms with van der Waals surface area (Å²) in [6.45, 7) is 1.96. The number of aromatic nitrogens is 2. The number of H-pyrrole nitrogens is 1. The van der Waals surface area contributed by atoms with E-state index in [9.17, 15) is 4.79 Å². The molecule has 0 radical (unpaired) electrons. The van der Waals surface area contributed by atoms with Gasteiger partial charge in [0.2, 0.25) is 5.91 Å². The van der Waals surface area contributed by atoms with E-state index >= 15 is 0 Å². The summed E-state index contributed by atoms with van der Waals surface area (Å²) in [5, 5.41) is 5.21. The zero-order valence-electron chi connectivity index (χ0n) is 8.28. The Morgan fingerprint density at radius 3 is 3.13 bits per heavy atom. The van der Waals surface area contributed by atoms with Crippen LogP contribution in [0.15, 0.2) is 23.8 Å². The van der Waals surface area contributed by atoms with Gasteiger partial charge in [0.05, 0.1) is 6.42 Å². The van der Waals surface area contributed by atoms with Crippen LogP contribution in [0, 0.1) is 6.92 Å². The molecule has 0 aliphatic rings. The molecule has 2 rings (SSSR count). The van der Waals surface area contributed by atoms with Crippen LogP contribution in [0.1, 0.15) is 11.3 Å². The molecule has 2 heterocycles. The zero-order chi connectivity index (χ0) is 10.7. The van der Waals surface area contributed by atoms with Gasteiger partial charge in [0.25, 0.3) is 0 Å². The highest BCUT2D eigenvalue weighted by molar-refractivity contribution is 7.13. The van der Waals surface area contributed by atoms with Gasteiger partial charge in [0.15, 0.2) is 5.13 Å². The van der Waals surface area contributed by atoms with E-state index in [0.29, 0.717) is 11.6 Å². The van der Waals surface area contributed by atoms with Crippen molar-refractivity contribution in [2.24, 2.45) is 0 Å². The van der Waals surface area contributed by atoms with Crippen LogP contribution in [0.5, 0.6) is 0 Å². The lowest BCUT2D eigenvalue weighted by molar-refractivity contribution is -0.115. The Labute approximate surface area is 91.4 Å². The number of carbonyl (C=O) groups excluding carboxylic acids is 1. The molecule has 4 nitrogen and oxygen atoms in total. The highest BCUT2D eigenvalue weighted by atomic mass is 32.1. The molecule has 0 unspecified atom stereocenters. The minimum absolute atomic E-state index is 0.0380. The third kappa shape index (κ3) is 2.66. The van der Waals surface area contributed by atoms with Crippen molar-refractivity contribution < 1.29 is 4.79 Å². The van der Waals surface area contributed by atoms with Gasteiger partial charge in [-0.3, -0.25) is 4.79 Å². The second-order valence-electron chi connectivity index (χ2n) is 3.25. The van der Waals surface area contributed by atoms with Gasteiger partial charge in [-0.2, -0.15) is 0 Å². The molecule has 2 aromatic heterocycles. The van der Waals surface area contributed by atoms with Crippen LogP contribution in [0.2, 0.25) is 0 Å². The van der Waals surface area contributed by atoms with Gasteiger partial charge in [0, 0.05) is 23.5 Å². The van der Waals surface area contributed by atoms with E-state index in [-0.39, 0.29) is 5.91 Å². The molecule has 78 valence electrons. The molecule has 0 fully saturated rings. The second kappa shape index (κ2) is 4.27. The molecule has 5 heteroatoms. The average Bonchev–Trinajstić information content (AvgIpc) is 2.77. The van der Waals surface area contributed by atoms with Crippen LogP contribution >= 0.6 is 11.3 Å². The largest absolute Gasteiger partial charge is 0.365 e. The highest BCUT2D eigenvalue weighted by Crippen LogP contribution is 2.11. The third-order valence-corrected chi connectivity index (χ3v) is 2.62. The topological polar surface area (TPSA) is 57.8 Å². The predicted molar refractivity (Wildman–Crippen MR) is 60.0 cm³/mol. The number of aromatic amines is 1.